The zero-order chi connectivity index (χ0) is 16.5. The lowest BCUT2D eigenvalue weighted by atomic mass is 10.2. The van der Waals surface area contributed by atoms with Gasteiger partial charge in [-0.15, -0.1) is 0 Å². The predicted octanol–water partition coefficient (Wildman–Crippen LogP) is 3.05. The second kappa shape index (κ2) is 5.69. The summed E-state index contributed by atoms with van der Waals surface area (Å²) >= 11 is 0. The molecular weight excluding hydrogens is 307 g/mol. The van der Waals surface area contributed by atoms with Crippen LogP contribution >= 0.6 is 0 Å². The number of rotatable bonds is 4. The standard InChI is InChI=1S/C17H13FN6/c1-2-14-20-16(22-21-14)15-12-7-5-9-19-17(12)24(23-15)10-11-6-3-4-8-13(11)18/h2-9H,1,10H2,(H,20,21,22). The molecule has 24 heavy (non-hydrogen) atoms. The van der Waals surface area contributed by atoms with Gasteiger partial charge in [0.2, 0.25) is 5.82 Å². The molecule has 3 aromatic heterocycles. The first-order valence-electron chi connectivity index (χ1n) is 7.36. The fraction of sp³-hybridized carbons (Fsp3) is 0.0588. The number of hydrogen-bond donors (Lipinski definition) is 1. The Labute approximate surface area is 136 Å². The molecule has 6 nitrogen and oxygen atoms in total. The Hall–Kier alpha value is -3.35. The Bertz CT molecular complexity index is 1030. The van der Waals surface area contributed by atoms with Crippen molar-refractivity contribution in [3.05, 3.63) is 66.4 Å². The number of nitrogens with zero attached hydrogens (tertiary/aromatic N) is 5. The summed E-state index contributed by atoms with van der Waals surface area (Å²) in [7, 11) is 0. The van der Waals surface area contributed by atoms with E-state index in [1.807, 2.05) is 12.1 Å². The molecule has 0 saturated carbocycles. The first-order valence-corrected chi connectivity index (χ1v) is 7.36. The number of aromatic amines is 1. The summed E-state index contributed by atoms with van der Waals surface area (Å²) in [5.41, 5.74) is 1.79. The normalized spacial score (nSPS) is 11.0. The van der Waals surface area contributed by atoms with Crippen LogP contribution in [0.1, 0.15) is 11.4 Å². The van der Waals surface area contributed by atoms with Crippen molar-refractivity contribution in [2.75, 3.05) is 0 Å². The maximum atomic E-state index is 14.0. The van der Waals surface area contributed by atoms with Crippen LogP contribution in [0.2, 0.25) is 0 Å². The average molecular weight is 320 g/mol. The van der Waals surface area contributed by atoms with E-state index in [2.05, 4.69) is 31.8 Å². The summed E-state index contributed by atoms with van der Waals surface area (Å²) in [5.74, 6) is 0.742. The topological polar surface area (TPSA) is 72.3 Å². The van der Waals surface area contributed by atoms with Gasteiger partial charge >= 0.3 is 0 Å². The van der Waals surface area contributed by atoms with Crippen molar-refractivity contribution < 1.29 is 4.39 Å². The van der Waals surface area contributed by atoms with Gasteiger partial charge in [-0.25, -0.2) is 19.0 Å². The van der Waals surface area contributed by atoms with Crippen LogP contribution < -0.4 is 0 Å². The van der Waals surface area contributed by atoms with Crippen LogP contribution in [0.5, 0.6) is 0 Å². The van der Waals surface area contributed by atoms with Crippen molar-refractivity contribution in [3.63, 3.8) is 0 Å². The molecule has 118 valence electrons. The highest BCUT2D eigenvalue weighted by Crippen LogP contribution is 2.25. The molecule has 1 aromatic carbocycles. The first-order chi connectivity index (χ1) is 11.8. The molecule has 0 radical (unpaired) electrons. The van der Waals surface area contributed by atoms with E-state index in [4.69, 9.17) is 0 Å². The van der Waals surface area contributed by atoms with E-state index in [-0.39, 0.29) is 12.4 Å². The Morgan fingerprint density at radius 2 is 2.08 bits per heavy atom. The Morgan fingerprint density at radius 3 is 2.88 bits per heavy atom. The number of nitrogens with one attached hydrogen (secondary N) is 1. The monoisotopic (exact) mass is 320 g/mol. The summed E-state index contributed by atoms with van der Waals surface area (Å²) in [5, 5.41) is 12.3. The van der Waals surface area contributed by atoms with Crippen LogP contribution in [0, 0.1) is 5.82 Å². The smallest absolute Gasteiger partial charge is 0.202 e. The van der Waals surface area contributed by atoms with Gasteiger partial charge in [0.1, 0.15) is 17.3 Å². The summed E-state index contributed by atoms with van der Waals surface area (Å²) in [6, 6.07) is 10.3. The Kier molecular flexibility index (Phi) is 3.38. The van der Waals surface area contributed by atoms with Crippen LogP contribution in [0.15, 0.2) is 49.2 Å². The third-order valence-corrected chi connectivity index (χ3v) is 3.69. The second-order valence-corrected chi connectivity index (χ2v) is 5.22. The van der Waals surface area contributed by atoms with Gasteiger partial charge in [0.25, 0.3) is 0 Å². The number of aromatic nitrogens is 6. The molecule has 0 bridgehead atoms. The molecule has 4 rings (SSSR count). The lowest BCUT2D eigenvalue weighted by molar-refractivity contribution is 0.589. The average Bonchev–Trinajstić information content (AvgIpc) is 3.22. The van der Waals surface area contributed by atoms with Gasteiger partial charge in [-0.1, -0.05) is 24.8 Å². The number of fused-ring (bicyclic) bond motifs is 1. The van der Waals surface area contributed by atoms with Gasteiger partial charge < -0.3 is 0 Å². The summed E-state index contributed by atoms with van der Waals surface area (Å²) in [4.78, 5) is 8.70. The molecule has 0 atom stereocenters. The zero-order valence-electron chi connectivity index (χ0n) is 12.6. The van der Waals surface area contributed by atoms with Crippen molar-refractivity contribution in [2.24, 2.45) is 0 Å². The van der Waals surface area contributed by atoms with Gasteiger partial charge in [0.15, 0.2) is 5.65 Å². The van der Waals surface area contributed by atoms with E-state index in [1.54, 1.807) is 35.2 Å². The lowest BCUT2D eigenvalue weighted by Gasteiger charge is -2.04. The minimum Gasteiger partial charge on any atom is -0.259 e. The molecule has 3 heterocycles. The van der Waals surface area contributed by atoms with Crippen LogP contribution in [-0.2, 0) is 6.54 Å². The van der Waals surface area contributed by atoms with Gasteiger partial charge in [-0.05, 0) is 24.3 Å². The zero-order valence-corrected chi connectivity index (χ0v) is 12.6. The van der Waals surface area contributed by atoms with Gasteiger partial charge in [0.05, 0.1) is 11.9 Å². The van der Waals surface area contributed by atoms with Crippen LogP contribution in [0.3, 0.4) is 0 Å². The highest BCUT2D eigenvalue weighted by molar-refractivity contribution is 5.89. The largest absolute Gasteiger partial charge is 0.259 e. The van der Waals surface area contributed by atoms with Crippen molar-refractivity contribution >= 4 is 17.1 Å². The fourth-order valence-electron chi connectivity index (χ4n) is 2.54. The van der Waals surface area contributed by atoms with E-state index in [9.17, 15) is 4.39 Å². The maximum Gasteiger partial charge on any atom is 0.202 e. The number of halogens is 1. The SMILES string of the molecule is C=Cc1nc(-c2nn(Cc3ccccc3F)c3ncccc23)n[nH]1. The van der Waals surface area contributed by atoms with E-state index < -0.39 is 0 Å². The molecule has 0 aliphatic carbocycles. The maximum absolute atomic E-state index is 14.0. The highest BCUT2D eigenvalue weighted by Gasteiger charge is 2.17. The fourth-order valence-corrected chi connectivity index (χ4v) is 2.54. The van der Waals surface area contributed by atoms with E-state index in [0.29, 0.717) is 28.6 Å². The van der Waals surface area contributed by atoms with Gasteiger partial charge in [-0.3, -0.25) is 5.10 Å². The molecule has 0 amide bonds. The van der Waals surface area contributed by atoms with Gasteiger partial charge in [0, 0.05) is 11.8 Å². The molecule has 0 aliphatic rings. The molecule has 0 saturated heterocycles. The molecule has 4 aromatic rings. The number of H-pyrrole nitrogens is 1. The van der Waals surface area contributed by atoms with Crippen LogP contribution in [-0.4, -0.2) is 29.9 Å². The van der Waals surface area contributed by atoms with Crippen LogP contribution in [0.4, 0.5) is 4.39 Å². The Balaban J connectivity index is 1.85. The number of benzene rings is 1. The summed E-state index contributed by atoms with van der Waals surface area (Å²) in [6.45, 7) is 3.93. The molecule has 0 unspecified atom stereocenters. The quantitative estimate of drug-likeness (QED) is 0.627. The summed E-state index contributed by atoms with van der Waals surface area (Å²) < 4.78 is 15.6. The van der Waals surface area contributed by atoms with E-state index >= 15 is 0 Å². The third-order valence-electron chi connectivity index (χ3n) is 3.69. The number of hydrogen-bond acceptors (Lipinski definition) is 4. The second-order valence-electron chi connectivity index (χ2n) is 5.22. The van der Waals surface area contributed by atoms with Crippen molar-refractivity contribution in [1.82, 2.24) is 29.9 Å². The molecule has 7 heteroatoms. The molecular formula is C17H13FN6. The van der Waals surface area contributed by atoms with Gasteiger partial charge in [-0.2, -0.15) is 10.2 Å². The van der Waals surface area contributed by atoms with E-state index in [0.717, 1.165) is 5.39 Å². The molecule has 0 spiro atoms. The van der Waals surface area contributed by atoms with Crippen molar-refractivity contribution in [3.8, 4) is 11.5 Å². The van der Waals surface area contributed by atoms with Crippen molar-refractivity contribution in [2.45, 2.75) is 6.54 Å². The number of pyridine rings is 1. The van der Waals surface area contributed by atoms with E-state index in [1.165, 1.54) is 6.07 Å². The Morgan fingerprint density at radius 1 is 1.21 bits per heavy atom. The first kappa shape index (κ1) is 14.3. The lowest BCUT2D eigenvalue weighted by Crippen LogP contribution is -2.04. The third kappa shape index (κ3) is 2.36. The molecule has 0 fully saturated rings. The predicted molar refractivity (Wildman–Crippen MR) is 88.5 cm³/mol. The van der Waals surface area contributed by atoms with Crippen LogP contribution in [0.25, 0.3) is 28.6 Å². The van der Waals surface area contributed by atoms with Crippen molar-refractivity contribution in [1.29, 1.82) is 0 Å². The molecule has 1 N–H and O–H groups in total. The highest BCUT2D eigenvalue weighted by atomic mass is 19.1. The minimum absolute atomic E-state index is 0.273. The molecule has 0 aliphatic heterocycles. The minimum atomic E-state index is -0.273. The summed E-state index contributed by atoms with van der Waals surface area (Å²) in [6.07, 6.45) is 3.26.